The normalized spacial score (nSPS) is 20.5. The lowest BCUT2D eigenvalue weighted by Gasteiger charge is -2.21. The number of nitriles is 1. The van der Waals surface area contributed by atoms with Gasteiger partial charge in [0.2, 0.25) is 0 Å². The Morgan fingerprint density at radius 2 is 2.18 bits per heavy atom. The molecule has 1 amide bonds. The zero-order chi connectivity index (χ0) is 15.6. The molecule has 2 aromatic rings. The molecule has 1 N–H and O–H groups in total. The van der Waals surface area contributed by atoms with Crippen molar-refractivity contribution in [2.75, 3.05) is 11.5 Å². The largest absolute Gasteiger partial charge is 0.333 e. The molecular weight excluding hydrogens is 301 g/mol. The van der Waals surface area contributed by atoms with Gasteiger partial charge in [-0.3, -0.25) is 4.79 Å². The average Bonchev–Trinajstić information content (AvgIpc) is 3.19. The maximum Gasteiger partial charge on any atom is 0.252 e. The van der Waals surface area contributed by atoms with Crippen LogP contribution < -0.4 is 5.32 Å². The third kappa shape index (κ3) is 2.72. The van der Waals surface area contributed by atoms with Crippen LogP contribution in [0.1, 0.15) is 16.8 Å². The van der Waals surface area contributed by atoms with Crippen molar-refractivity contribution >= 4 is 17.7 Å². The maximum atomic E-state index is 14.2. The maximum absolute atomic E-state index is 14.2. The molecule has 0 radical (unpaired) electrons. The number of amides is 1. The molecule has 1 aliphatic rings. The van der Waals surface area contributed by atoms with Gasteiger partial charge in [-0.15, -0.1) is 0 Å². The van der Waals surface area contributed by atoms with Crippen LogP contribution in [0, 0.1) is 17.1 Å². The summed E-state index contributed by atoms with van der Waals surface area (Å²) >= 11 is 1.63. The van der Waals surface area contributed by atoms with Crippen molar-refractivity contribution in [2.24, 2.45) is 0 Å². The number of aromatic nitrogens is 1. The first-order valence-electron chi connectivity index (χ1n) is 6.88. The van der Waals surface area contributed by atoms with E-state index >= 15 is 0 Å². The molecule has 1 saturated heterocycles. The van der Waals surface area contributed by atoms with Crippen LogP contribution in [0.3, 0.4) is 0 Å². The highest BCUT2D eigenvalue weighted by molar-refractivity contribution is 7.99. The fraction of sp³-hybridized carbons (Fsp3) is 0.250. The third-order valence-electron chi connectivity index (χ3n) is 3.68. The van der Waals surface area contributed by atoms with E-state index in [0.717, 1.165) is 5.75 Å². The number of hydrogen-bond donors (Lipinski definition) is 1. The smallest absolute Gasteiger partial charge is 0.252 e. The lowest BCUT2D eigenvalue weighted by Crippen LogP contribution is -2.47. The molecule has 1 atom stereocenters. The number of nitrogens with zero attached hydrogens (tertiary/aromatic N) is 2. The van der Waals surface area contributed by atoms with Crippen LogP contribution in [0.5, 0.6) is 0 Å². The number of thioether (sulfide) groups is 1. The number of halogens is 1. The molecule has 112 valence electrons. The van der Waals surface area contributed by atoms with Crippen molar-refractivity contribution in [2.45, 2.75) is 12.0 Å². The molecule has 4 nitrogen and oxygen atoms in total. The Kier molecular flexibility index (Phi) is 3.90. The Bertz CT molecular complexity index is 730. The molecule has 22 heavy (non-hydrogen) atoms. The molecule has 0 spiro atoms. The second kappa shape index (κ2) is 5.85. The Labute approximate surface area is 131 Å². The van der Waals surface area contributed by atoms with Crippen molar-refractivity contribution in [3.63, 3.8) is 0 Å². The number of carbonyl (C=O) groups is 1. The highest BCUT2D eigenvalue weighted by atomic mass is 32.2. The van der Waals surface area contributed by atoms with Crippen molar-refractivity contribution < 1.29 is 9.18 Å². The van der Waals surface area contributed by atoms with Gasteiger partial charge in [0.25, 0.3) is 5.91 Å². The summed E-state index contributed by atoms with van der Waals surface area (Å²) in [5, 5.41) is 12.0. The minimum Gasteiger partial charge on any atom is -0.333 e. The highest BCUT2D eigenvalue weighted by Crippen LogP contribution is 2.27. The van der Waals surface area contributed by atoms with E-state index in [2.05, 4.69) is 11.4 Å². The van der Waals surface area contributed by atoms with Gasteiger partial charge in [0.1, 0.15) is 11.4 Å². The van der Waals surface area contributed by atoms with Gasteiger partial charge in [-0.05, 0) is 42.5 Å². The van der Waals surface area contributed by atoms with Gasteiger partial charge in [-0.1, -0.05) is 0 Å². The molecule has 3 rings (SSSR count). The number of nitrogens with one attached hydrogen (secondary N) is 1. The van der Waals surface area contributed by atoms with Crippen LogP contribution in [0.4, 0.5) is 4.39 Å². The monoisotopic (exact) mass is 315 g/mol. The summed E-state index contributed by atoms with van der Waals surface area (Å²) in [6.07, 6.45) is 4.08. The molecule has 0 saturated carbocycles. The van der Waals surface area contributed by atoms with Crippen LogP contribution in [-0.4, -0.2) is 27.5 Å². The summed E-state index contributed by atoms with van der Waals surface area (Å²) < 4.78 is 15.8. The molecule has 1 aromatic heterocycles. The van der Waals surface area contributed by atoms with Crippen LogP contribution in [-0.2, 0) is 0 Å². The molecule has 6 heteroatoms. The molecule has 1 aliphatic heterocycles. The summed E-state index contributed by atoms with van der Waals surface area (Å²) in [6.45, 7) is 0. The summed E-state index contributed by atoms with van der Waals surface area (Å²) in [7, 11) is 0. The van der Waals surface area contributed by atoms with E-state index in [1.54, 1.807) is 53.0 Å². The van der Waals surface area contributed by atoms with E-state index in [1.807, 2.05) is 0 Å². The van der Waals surface area contributed by atoms with Crippen molar-refractivity contribution in [3.8, 4) is 11.8 Å². The van der Waals surface area contributed by atoms with E-state index in [9.17, 15) is 14.4 Å². The molecular formula is C16H14FN3OS. The van der Waals surface area contributed by atoms with Gasteiger partial charge in [0, 0.05) is 23.7 Å². The minimum atomic E-state index is -0.836. The van der Waals surface area contributed by atoms with Crippen molar-refractivity contribution in [1.82, 2.24) is 9.88 Å². The number of benzene rings is 1. The van der Waals surface area contributed by atoms with E-state index in [4.69, 9.17) is 0 Å². The average molecular weight is 315 g/mol. The first-order chi connectivity index (χ1) is 10.6. The van der Waals surface area contributed by atoms with Gasteiger partial charge in [0.15, 0.2) is 0 Å². The van der Waals surface area contributed by atoms with Crippen LogP contribution in [0.25, 0.3) is 5.69 Å². The Morgan fingerprint density at radius 3 is 2.77 bits per heavy atom. The van der Waals surface area contributed by atoms with Gasteiger partial charge in [-0.25, -0.2) is 4.39 Å². The van der Waals surface area contributed by atoms with E-state index < -0.39 is 17.3 Å². The Morgan fingerprint density at radius 1 is 1.41 bits per heavy atom. The van der Waals surface area contributed by atoms with Crippen molar-refractivity contribution in [3.05, 3.63) is 54.1 Å². The number of carbonyl (C=O) groups excluding carboxylic acids is 1. The standard InChI is InChI=1S/C16H14FN3OS/c17-13-9-12(3-4-14(13)20-6-1-2-7-20)15(21)19-16(10-18)5-8-22-11-16/h1-4,6-7,9H,5,8,11H2,(H,19,21)/t16-/m0/s1. The van der Waals surface area contributed by atoms with Crippen LogP contribution in [0.15, 0.2) is 42.7 Å². The fourth-order valence-corrected chi connectivity index (χ4v) is 3.69. The molecule has 1 fully saturated rings. The zero-order valence-electron chi connectivity index (χ0n) is 11.8. The number of hydrogen-bond acceptors (Lipinski definition) is 3. The lowest BCUT2D eigenvalue weighted by molar-refractivity contribution is 0.0925. The molecule has 0 aliphatic carbocycles. The highest BCUT2D eigenvalue weighted by Gasteiger charge is 2.36. The topological polar surface area (TPSA) is 57.8 Å². The Hall–Kier alpha value is -2.26. The number of rotatable bonds is 3. The first-order valence-corrected chi connectivity index (χ1v) is 8.03. The van der Waals surface area contributed by atoms with Crippen LogP contribution >= 0.6 is 11.8 Å². The van der Waals surface area contributed by atoms with Crippen LogP contribution in [0.2, 0.25) is 0 Å². The zero-order valence-corrected chi connectivity index (χ0v) is 12.6. The lowest BCUT2D eigenvalue weighted by atomic mass is 10.0. The van der Waals surface area contributed by atoms with E-state index in [1.165, 1.54) is 6.07 Å². The van der Waals surface area contributed by atoms with E-state index in [-0.39, 0.29) is 5.56 Å². The summed E-state index contributed by atoms with van der Waals surface area (Å²) in [5.41, 5.74) is -0.231. The molecule has 0 unspecified atom stereocenters. The second-order valence-electron chi connectivity index (χ2n) is 5.21. The molecule has 1 aromatic carbocycles. The quantitative estimate of drug-likeness (QED) is 0.947. The fourth-order valence-electron chi connectivity index (χ4n) is 2.42. The van der Waals surface area contributed by atoms with Crippen molar-refractivity contribution in [1.29, 1.82) is 5.26 Å². The van der Waals surface area contributed by atoms with E-state index in [0.29, 0.717) is 17.9 Å². The predicted octanol–water partition coefficient (Wildman–Crippen LogP) is 2.75. The Balaban J connectivity index is 1.82. The third-order valence-corrected chi connectivity index (χ3v) is 4.87. The second-order valence-corrected chi connectivity index (χ2v) is 6.31. The molecule has 2 heterocycles. The summed E-state index contributed by atoms with van der Waals surface area (Å²) in [4.78, 5) is 12.3. The SMILES string of the molecule is N#C[C@@]1(NC(=O)c2ccc(-n3cccc3)c(F)c2)CCSC1. The van der Waals surface area contributed by atoms with Gasteiger partial charge >= 0.3 is 0 Å². The summed E-state index contributed by atoms with van der Waals surface area (Å²) in [5.74, 6) is 0.520. The minimum absolute atomic E-state index is 0.222. The van der Waals surface area contributed by atoms with Gasteiger partial charge < -0.3 is 9.88 Å². The summed E-state index contributed by atoms with van der Waals surface area (Å²) in [6, 6.07) is 10.1. The first kappa shape index (κ1) is 14.7. The predicted molar refractivity (Wildman–Crippen MR) is 83.5 cm³/mol. The molecule has 0 bridgehead atoms. The van der Waals surface area contributed by atoms with Gasteiger partial charge in [-0.2, -0.15) is 17.0 Å². The van der Waals surface area contributed by atoms with Gasteiger partial charge in [0.05, 0.1) is 11.8 Å².